The van der Waals surface area contributed by atoms with Crippen LogP contribution in [0, 0.1) is 0 Å². The molecule has 2 heterocycles. The Bertz CT molecular complexity index is 1450. The SMILES string of the molecule is COc1ccc(C(NC[C@H]2O[C@@H](n3ccc(N)nc3=O)[C@H](F)[C@@H]2OP(N)O)(c2ccccc2)c2ccccc2)cc1. The predicted molar refractivity (Wildman–Crippen MR) is 154 cm³/mol. The minimum absolute atomic E-state index is 0.00139. The van der Waals surface area contributed by atoms with Crippen molar-refractivity contribution in [3.8, 4) is 5.75 Å². The third-order valence-electron chi connectivity index (χ3n) is 7.13. The number of anilines is 1. The van der Waals surface area contributed by atoms with E-state index in [0.29, 0.717) is 5.75 Å². The molecule has 5 atom stereocenters. The number of rotatable bonds is 10. The molecule has 12 heteroatoms. The van der Waals surface area contributed by atoms with Gasteiger partial charge in [0, 0.05) is 12.7 Å². The third kappa shape index (κ3) is 5.87. The first-order valence-electron chi connectivity index (χ1n) is 12.9. The van der Waals surface area contributed by atoms with E-state index in [1.54, 1.807) is 7.11 Å². The van der Waals surface area contributed by atoms with Gasteiger partial charge in [0.1, 0.15) is 23.8 Å². The van der Waals surface area contributed by atoms with E-state index in [0.717, 1.165) is 21.3 Å². The number of hydrogen-bond acceptors (Lipinski definition) is 9. The van der Waals surface area contributed by atoms with Gasteiger partial charge < -0.3 is 24.6 Å². The van der Waals surface area contributed by atoms with Crippen LogP contribution in [0.3, 0.4) is 0 Å². The number of alkyl halides is 1. The molecule has 3 aromatic carbocycles. The zero-order valence-corrected chi connectivity index (χ0v) is 23.1. The molecule has 5 rings (SSSR count). The summed E-state index contributed by atoms with van der Waals surface area (Å²) in [5.74, 6) is 0.697. The fraction of sp³-hybridized carbons (Fsp3) is 0.241. The number of methoxy groups -OCH3 is 1. The molecule has 1 unspecified atom stereocenters. The highest BCUT2D eigenvalue weighted by molar-refractivity contribution is 7.43. The maximum absolute atomic E-state index is 15.8. The summed E-state index contributed by atoms with van der Waals surface area (Å²) in [6, 6.07) is 28.7. The minimum atomic E-state index is -2.43. The highest BCUT2D eigenvalue weighted by Gasteiger charge is 2.49. The highest BCUT2D eigenvalue weighted by atomic mass is 31.2. The fourth-order valence-electron chi connectivity index (χ4n) is 5.23. The number of aromatic nitrogens is 2. The van der Waals surface area contributed by atoms with Crippen LogP contribution >= 0.6 is 8.53 Å². The highest BCUT2D eigenvalue weighted by Crippen LogP contribution is 2.41. The summed E-state index contributed by atoms with van der Waals surface area (Å²) in [5.41, 5.74) is 12.2. The number of ether oxygens (including phenoxy) is 2. The van der Waals surface area contributed by atoms with Crippen LogP contribution in [0.15, 0.2) is 102 Å². The number of benzene rings is 3. The lowest BCUT2D eigenvalue weighted by Crippen LogP contribution is -2.49. The fourth-order valence-corrected chi connectivity index (χ4v) is 5.73. The Balaban J connectivity index is 1.57. The second-order valence-electron chi connectivity index (χ2n) is 9.52. The molecule has 0 saturated carbocycles. The average molecular weight is 580 g/mol. The molecule has 10 nitrogen and oxygen atoms in total. The zero-order chi connectivity index (χ0) is 29.0. The van der Waals surface area contributed by atoms with E-state index in [1.165, 1.54) is 12.3 Å². The molecule has 0 bridgehead atoms. The van der Waals surface area contributed by atoms with Gasteiger partial charge in [0.15, 0.2) is 12.4 Å². The largest absolute Gasteiger partial charge is 0.497 e. The number of hydrogen-bond donors (Lipinski definition) is 4. The summed E-state index contributed by atoms with van der Waals surface area (Å²) < 4.78 is 33.8. The van der Waals surface area contributed by atoms with E-state index in [-0.39, 0.29) is 12.4 Å². The van der Waals surface area contributed by atoms with Crippen LogP contribution in [-0.4, -0.2) is 46.5 Å². The molecule has 41 heavy (non-hydrogen) atoms. The number of nitrogens with two attached hydrogens (primary N) is 2. The van der Waals surface area contributed by atoms with Crippen molar-refractivity contribution in [3.63, 3.8) is 0 Å². The Morgan fingerprint density at radius 3 is 2.15 bits per heavy atom. The lowest BCUT2D eigenvalue weighted by Gasteiger charge is -2.38. The molecule has 214 valence electrons. The molecule has 6 N–H and O–H groups in total. The van der Waals surface area contributed by atoms with Crippen molar-refractivity contribution in [1.82, 2.24) is 14.9 Å². The van der Waals surface area contributed by atoms with Crippen molar-refractivity contribution < 1.29 is 23.3 Å². The van der Waals surface area contributed by atoms with Gasteiger partial charge in [-0.05, 0) is 34.9 Å². The first-order chi connectivity index (χ1) is 19.8. The quantitative estimate of drug-likeness (QED) is 0.164. The third-order valence-corrected chi connectivity index (χ3v) is 7.59. The lowest BCUT2D eigenvalue weighted by molar-refractivity contribution is -0.0259. The Morgan fingerprint density at radius 1 is 1.02 bits per heavy atom. The van der Waals surface area contributed by atoms with E-state index in [9.17, 15) is 9.69 Å². The second kappa shape index (κ2) is 12.4. The Labute approximate surface area is 237 Å². The molecule has 0 amide bonds. The lowest BCUT2D eigenvalue weighted by atomic mass is 9.77. The van der Waals surface area contributed by atoms with E-state index >= 15 is 4.39 Å². The first-order valence-corrected chi connectivity index (χ1v) is 14.2. The summed E-state index contributed by atoms with van der Waals surface area (Å²) in [6.45, 7) is 0.0533. The van der Waals surface area contributed by atoms with Crippen molar-refractivity contribution in [2.45, 2.75) is 30.1 Å². The molecule has 1 fully saturated rings. The van der Waals surface area contributed by atoms with Crippen molar-refractivity contribution >= 4 is 14.3 Å². The summed E-state index contributed by atoms with van der Waals surface area (Å²) in [6.07, 6.45) is -4.13. The van der Waals surface area contributed by atoms with Gasteiger partial charge in [-0.25, -0.2) is 9.18 Å². The number of halogens is 1. The molecule has 4 aromatic rings. The predicted octanol–water partition coefficient (Wildman–Crippen LogP) is 3.21. The van der Waals surface area contributed by atoms with Gasteiger partial charge in [-0.2, -0.15) is 4.98 Å². The van der Waals surface area contributed by atoms with Crippen molar-refractivity contribution in [2.75, 3.05) is 19.4 Å². The Hall–Kier alpha value is -3.70. The first kappa shape index (κ1) is 28.8. The van der Waals surface area contributed by atoms with E-state index in [4.69, 9.17) is 25.2 Å². The standard InChI is InChI=1S/C29H31FN5O5P/c1-38-22-14-12-21(13-15-22)29(19-8-4-2-5-9-19,20-10-6-3-7-11-20)33-18-23-26(40-41(32)37)25(30)27(39-23)35-17-16-24(31)34-28(35)36/h2-17,23,25-27,33,37H,18,32H2,1H3,(H2,31,34,36)/t23-,25-,26-,27-,41?/m1/s1. The van der Waals surface area contributed by atoms with Gasteiger partial charge in [0.05, 0.1) is 12.6 Å². The summed E-state index contributed by atoms with van der Waals surface area (Å²) in [5, 5.41) is 3.63. The summed E-state index contributed by atoms with van der Waals surface area (Å²) in [7, 11) is -0.823. The van der Waals surface area contributed by atoms with Crippen molar-refractivity contribution in [2.24, 2.45) is 5.50 Å². The van der Waals surface area contributed by atoms with Crippen molar-refractivity contribution in [1.29, 1.82) is 0 Å². The van der Waals surface area contributed by atoms with Crippen LogP contribution in [0.25, 0.3) is 0 Å². The average Bonchev–Trinajstić information content (AvgIpc) is 3.28. The maximum atomic E-state index is 15.8. The van der Waals surface area contributed by atoms with Crippen LogP contribution in [0.1, 0.15) is 22.9 Å². The van der Waals surface area contributed by atoms with Gasteiger partial charge in [-0.3, -0.25) is 15.4 Å². The van der Waals surface area contributed by atoms with Gasteiger partial charge in [-0.1, -0.05) is 72.8 Å². The molecule has 0 aliphatic carbocycles. The van der Waals surface area contributed by atoms with Crippen LogP contribution in [-0.2, 0) is 14.8 Å². The van der Waals surface area contributed by atoms with Gasteiger partial charge in [-0.15, -0.1) is 0 Å². The molecule has 1 saturated heterocycles. The Kier molecular flexibility index (Phi) is 8.74. The van der Waals surface area contributed by atoms with Gasteiger partial charge >= 0.3 is 5.69 Å². The van der Waals surface area contributed by atoms with E-state index < -0.39 is 44.4 Å². The van der Waals surface area contributed by atoms with Crippen LogP contribution in [0.5, 0.6) is 5.75 Å². The molecule has 1 aromatic heterocycles. The minimum Gasteiger partial charge on any atom is -0.497 e. The molecular formula is C29H31FN5O5P. The molecule has 0 spiro atoms. The molecule has 1 aliphatic rings. The maximum Gasteiger partial charge on any atom is 0.351 e. The van der Waals surface area contributed by atoms with Crippen LogP contribution < -0.4 is 27.0 Å². The zero-order valence-electron chi connectivity index (χ0n) is 22.2. The van der Waals surface area contributed by atoms with Crippen LogP contribution in [0.4, 0.5) is 10.2 Å². The molecule has 0 radical (unpaired) electrons. The number of nitrogen functional groups attached to an aromatic ring is 1. The second-order valence-corrected chi connectivity index (χ2v) is 10.3. The number of nitrogens with zero attached hydrogens (tertiary/aromatic N) is 2. The normalized spacial score (nSPS) is 21.5. The Morgan fingerprint density at radius 2 is 1.61 bits per heavy atom. The number of nitrogens with one attached hydrogen (secondary N) is 1. The van der Waals surface area contributed by atoms with Gasteiger partial charge in [0.25, 0.3) is 8.53 Å². The molecular weight excluding hydrogens is 548 g/mol. The summed E-state index contributed by atoms with van der Waals surface area (Å²) >= 11 is 0. The van der Waals surface area contributed by atoms with E-state index in [1.807, 2.05) is 84.9 Å². The van der Waals surface area contributed by atoms with E-state index in [2.05, 4.69) is 10.3 Å². The van der Waals surface area contributed by atoms with Gasteiger partial charge in [0.2, 0.25) is 0 Å². The topological polar surface area (TPSA) is 147 Å². The summed E-state index contributed by atoms with van der Waals surface area (Å²) in [4.78, 5) is 26.1. The monoisotopic (exact) mass is 579 g/mol. The van der Waals surface area contributed by atoms with Crippen LogP contribution in [0.2, 0.25) is 0 Å². The molecule has 1 aliphatic heterocycles. The van der Waals surface area contributed by atoms with Crippen molar-refractivity contribution in [3.05, 3.63) is 124 Å². The smallest absolute Gasteiger partial charge is 0.351 e.